The lowest BCUT2D eigenvalue weighted by molar-refractivity contribution is -0.133. The van der Waals surface area contributed by atoms with E-state index in [-0.39, 0.29) is 6.42 Å². The number of nitrogens with one attached hydrogen (secondary N) is 6. The fourth-order valence-electron chi connectivity index (χ4n) is 4.09. The molecule has 0 aliphatic carbocycles. The summed E-state index contributed by atoms with van der Waals surface area (Å²) in [5.74, 6) is -3.74. The van der Waals surface area contributed by atoms with E-state index >= 15 is 0 Å². The van der Waals surface area contributed by atoms with Crippen molar-refractivity contribution < 1.29 is 33.9 Å². The van der Waals surface area contributed by atoms with Gasteiger partial charge in [0.15, 0.2) is 0 Å². The number of benzene rings is 1. The molecule has 1 heterocycles. The Morgan fingerprint density at radius 1 is 0.929 bits per heavy atom. The number of amides is 7. The quantitative estimate of drug-likeness (QED) is 0.127. The maximum atomic E-state index is 13.4. The number of imide groups is 1. The lowest BCUT2D eigenvalue weighted by Gasteiger charge is -2.25. The number of para-hydroxylation sites is 1. The van der Waals surface area contributed by atoms with Gasteiger partial charge in [0.05, 0.1) is 13.2 Å². The SMILES string of the molecule is CSCC(C)C(=O)NC(CO)C(=O)NCC(=O)NC(Cc1c[nH]c2ccccc12)C(=O)NC(C(=O)NC(N)=O)C(C)C. The molecule has 0 radical (unpaired) electrons. The van der Waals surface area contributed by atoms with Crippen LogP contribution < -0.4 is 32.3 Å². The second-order valence-electron chi connectivity index (χ2n) is 10.1. The van der Waals surface area contributed by atoms with Gasteiger partial charge >= 0.3 is 6.03 Å². The third-order valence-electron chi connectivity index (χ3n) is 6.35. The van der Waals surface area contributed by atoms with Crippen LogP contribution in [0.25, 0.3) is 10.9 Å². The van der Waals surface area contributed by atoms with Crippen molar-refractivity contribution in [3.8, 4) is 0 Å². The number of aromatic amines is 1. The molecule has 9 N–H and O–H groups in total. The zero-order valence-electron chi connectivity index (χ0n) is 24.0. The van der Waals surface area contributed by atoms with Gasteiger partial charge in [-0.05, 0) is 23.8 Å². The molecule has 14 nitrogen and oxygen atoms in total. The average molecular weight is 606 g/mol. The number of hydrogen-bond acceptors (Lipinski definition) is 8. The number of carbonyl (C=O) groups excluding carboxylic acids is 6. The highest BCUT2D eigenvalue weighted by Gasteiger charge is 2.30. The van der Waals surface area contributed by atoms with Gasteiger partial charge in [-0.15, -0.1) is 0 Å². The monoisotopic (exact) mass is 605 g/mol. The van der Waals surface area contributed by atoms with Crippen LogP contribution in [0.1, 0.15) is 26.3 Å². The molecule has 2 rings (SSSR count). The number of aliphatic hydroxyl groups excluding tert-OH is 1. The van der Waals surface area contributed by atoms with Crippen molar-refractivity contribution in [1.29, 1.82) is 0 Å². The predicted octanol–water partition coefficient (Wildman–Crippen LogP) is -0.877. The van der Waals surface area contributed by atoms with Gasteiger partial charge in [-0.2, -0.15) is 11.8 Å². The Morgan fingerprint density at radius 2 is 1.62 bits per heavy atom. The number of aliphatic hydroxyl groups is 1. The first-order valence-electron chi connectivity index (χ1n) is 13.3. The summed E-state index contributed by atoms with van der Waals surface area (Å²) in [5, 5.41) is 22.3. The highest BCUT2D eigenvalue weighted by atomic mass is 32.2. The lowest BCUT2D eigenvalue weighted by Crippen LogP contribution is -2.58. The molecule has 1 aromatic heterocycles. The summed E-state index contributed by atoms with van der Waals surface area (Å²) in [6.45, 7) is 3.77. The van der Waals surface area contributed by atoms with E-state index in [2.05, 4.69) is 26.3 Å². The molecule has 1 aromatic carbocycles. The lowest BCUT2D eigenvalue weighted by atomic mass is 10.0. The number of thioether (sulfide) groups is 1. The molecule has 15 heteroatoms. The molecular formula is C27H39N7O7S. The zero-order chi connectivity index (χ0) is 31.4. The van der Waals surface area contributed by atoms with Crippen molar-refractivity contribution in [3.63, 3.8) is 0 Å². The Bertz CT molecular complexity index is 1280. The molecule has 42 heavy (non-hydrogen) atoms. The Morgan fingerprint density at radius 3 is 2.24 bits per heavy atom. The van der Waals surface area contributed by atoms with E-state index in [1.54, 1.807) is 27.0 Å². The van der Waals surface area contributed by atoms with Crippen molar-refractivity contribution >= 4 is 58.2 Å². The van der Waals surface area contributed by atoms with Crippen LogP contribution in [0.2, 0.25) is 0 Å². The predicted molar refractivity (Wildman–Crippen MR) is 158 cm³/mol. The van der Waals surface area contributed by atoms with Crippen LogP contribution in [0.3, 0.4) is 0 Å². The van der Waals surface area contributed by atoms with E-state index in [0.717, 1.165) is 10.9 Å². The van der Waals surface area contributed by atoms with Gasteiger partial charge in [0.25, 0.3) is 5.91 Å². The van der Waals surface area contributed by atoms with Gasteiger partial charge in [-0.1, -0.05) is 39.0 Å². The molecule has 0 fully saturated rings. The minimum atomic E-state index is -1.27. The fraction of sp³-hybridized carbons (Fsp3) is 0.481. The number of rotatable bonds is 15. The molecule has 0 saturated heterocycles. The second-order valence-corrected chi connectivity index (χ2v) is 11.0. The molecule has 2 aromatic rings. The second kappa shape index (κ2) is 16.4. The van der Waals surface area contributed by atoms with Gasteiger partial charge in [-0.25, -0.2) is 4.79 Å². The van der Waals surface area contributed by atoms with E-state index in [9.17, 15) is 33.9 Å². The van der Waals surface area contributed by atoms with Crippen molar-refractivity contribution in [2.45, 2.75) is 45.3 Å². The Hall–Kier alpha value is -4.11. The summed E-state index contributed by atoms with van der Waals surface area (Å²) in [6.07, 6.45) is 3.56. The molecule has 4 atom stereocenters. The molecular weight excluding hydrogens is 566 g/mol. The fourth-order valence-corrected chi connectivity index (χ4v) is 4.74. The molecule has 4 unspecified atom stereocenters. The van der Waals surface area contributed by atoms with Crippen LogP contribution in [0.4, 0.5) is 4.79 Å². The van der Waals surface area contributed by atoms with E-state index in [0.29, 0.717) is 11.3 Å². The molecule has 0 bridgehead atoms. The van der Waals surface area contributed by atoms with Gasteiger partial charge in [0.2, 0.25) is 23.6 Å². The smallest absolute Gasteiger partial charge is 0.318 e. The minimum Gasteiger partial charge on any atom is -0.394 e. The molecule has 0 aliphatic heterocycles. The van der Waals surface area contributed by atoms with Gasteiger partial charge < -0.3 is 37.1 Å². The van der Waals surface area contributed by atoms with Crippen molar-refractivity contribution in [3.05, 3.63) is 36.0 Å². The van der Waals surface area contributed by atoms with Crippen molar-refractivity contribution in [2.24, 2.45) is 17.6 Å². The number of H-pyrrole nitrogens is 1. The van der Waals surface area contributed by atoms with E-state index in [1.807, 2.05) is 35.8 Å². The minimum absolute atomic E-state index is 0.0282. The summed E-state index contributed by atoms with van der Waals surface area (Å²) < 4.78 is 0. The van der Waals surface area contributed by atoms with Gasteiger partial charge in [0.1, 0.15) is 18.1 Å². The summed E-state index contributed by atoms with van der Waals surface area (Å²) in [4.78, 5) is 77.8. The zero-order valence-corrected chi connectivity index (χ0v) is 24.8. The Balaban J connectivity index is 2.16. The highest BCUT2D eigenvalue weighted by molar-refractivity contribution is 7.98. The Kier molecular flexibility index (Phi) is 13.3. The largest absolute Gasteiger partial charge is 0.394 e. The first-order chi connectivity index (χ1) is 19.9. The maximum Gasteiger partial charge on any atom is 0.318 e. The third-order valence-corrected chi connectivity index (χ3v) is 7.18. The maximum absolute atomic E-state index is 13.4. The van der Waals surface area contributed by atoms with Crippen LogP contribution in [0, 0.1) is 11.8 Å². The first kappa shape index (κ1) is 34.1. The number of hydrogen-bond donors (Lipinski definition) is 8. The summed E-state index contributed by atoms with van der Waals surface area (Å²) in [7, 11) is 0. The number of fused-ring (bicyclic) bond motifs is 1. The van der Waals surface area contributed by atoms with Crippen LogP contribution in [-0.4, -0.2) is 88.9 Å². The third kappa shape index (κ3) is 10.1. The number of nitrogens with two attached hydrogens (primary N) is 1. The van der Waals surface area contributed by atoms with Crippen LogP contribution in [0.15, 0.2) is 30.5 Å². The number of primary amides is 1. The number of urea groups is 1. The number of carbonyl (C=O) groups is 6. The van der Waals surface area contributed by atoms with Crippen LogP contribution >= 0.6 is 11.8 Å². The summed E-state index contributed by atoms with van der Waals surface area (Å²) in [5.41, 5.74) is 6.58. The summed E-state index contributed by atoms with van der Waals surface area (Å²) >= 11 is 1.46. The summed E-state index contributed by atoms with van der Waals surface area (Å²) in [6, 6.07) is 2.71. The first-order valence-corrected chi connectivity index (χ1v) is 14.7. The average Bonchev–Trinajstić information content (AvgIpc) is 3.34. The molecule has 0 saturated carbocycles. The van der Waals surface area contributed by atoms with E-state index < -0.39 is 78.7 Å². The van der Waals surface area contributed by atoms with Crippen molar-refractivity contribution in [1.82, 2.24) is 31.6 Å². The normalized spacial score (nSPS) is 13.9. The van der Waals surface area contributed by atoms with Crippen LogP contribution in [0.5, 0.6) is 0 Å². The molecule has 0 spiro atoms. The Labute approximate surface area is 247 Å². The van der Waals surface area contributed by atoms with Gasteiger partial charge in [0, 0.05) is 35.2 Å². The van der Waals surface area contributed by atoms with E-state index in [1.165, 1.54) is 11.8 Å². The molecule has 0 aliphatic rings. The molecule has 7 amide bonds. The topological polar surface area (TPSA) is 225 Å². The van der Waals surface area contributed by atoms with E-state index in [4.69, 9.17) is 5.73 Å². The highest BCUT2D eigenvalue weighted by Crippen LogP contribution is 2.19. The molecule has 230 valence electrons. The van der Waals surface area contributed by atoms with Crippen LogP contribution in [-0.2, 0) is 30.4 Å². The standard InChI is InChI=1S/C27H39N7O7S/c1-14(2)22(26(40)34-27(28)41)33-25(39)19(9-16-10-29-18-8-6-5-7-17(16)18)31-21(36)11-30-24(38)20(12-35)32-23(37)15(3)13-42-4/h5-8,10,14-15,19-20,22,29,35H,9,11-13H2,1-4H3,(H,30,38)(H,31,36)(H,32,37)(H,33,39)(H3,28,34,40,41). The number of aromatic nitrogens is 1. The van der Waals surface area contributed by atoms with Gasteiger partial charge in [-0.3, -0.25) is 29.3 Å². The van der Waals surface area contributed by atoms with Crippen molar-refractivity contribution in [2.75, 3.05) is 25.2 Å².